The van der Waals surface area contributed by atoms with E-state index in [1.165, 1.54) is 0 Å². The Morgan fingerprint density at radius 2 is 1.92 bits per heavy atom. The van der Waals surface area contributed by atoms with Gasteiger partial charge in [-0.25, -0.2) is 0 Å². The third-order valence-electron chi connectivity index (χ3n) is 4.62. The van der Waals surface area contributed by atoms with E-state index >= 15 is 0 Å². The Labute approximate surface area is 156 Å². The second kappa shape index (κ2) is 9.78. The number of carbonyl (C=O) groups excluding carboxylic acids is 2. The summed E-state index contributed by atoms with van der Waals surface area (Å²) in [4.78, 5) is 26.2. The van der Waals surface area contributed by atoms with Crippen molar-refractivity contribution in [3.05, 3.63) is 35.4 Å². The third-order valence-corrected chi connectivity index (χ3v) is 4.62. The van der Waals surface area contributed by atoms with Crippen molar-refractivity contribution in [3.63, 3.8) is 0 Å². The third kappa shape index (κ3) is 6.01. The minimum Gasteiger partial charge on any atom is -0.356 e. The van der Waals surface area contributed by atoms with Gasteiger partial charge in [-0.1, -0.05) is 43.7 Å². The van der Waals surface area contributed by atoms with E-state index in [-0.39, 0.29) is 30.1 Å². The van der Waals surface area contributed by atoms with Crippen LogP contribution in [0.25, 0.3) is 0 Å². The lowest BCUT2D eigenvalue weighted by atomic mass is 9.96. The number of halogens is 1. The Morgan fingerprint density at radius 1 is 1.28 bits per heavy atom. The number of likely N-dealkylation sites (tertiary alicyclic amines) is 1. The van der Waals surface area contributed by atoms with Crippen LogP contribution in [-0.4, -0.2) is 36.3 Å². The van der Waals surface area contributed by atoms with Gasteiger partial charge in [-0.05, 0) is 31.2 Å². The van der Waals surface area contributed by atoms with E-state index in [9.17, 15) is 9.59 Å². The highest BCUT2D eigenvalue weighted by Crippen LogP contribution is 2.20. The first-order valence-electron chi connectivity index (χ1n) is 8.77. The Hall–Kier alpha value is -1.59. The first kappa shape index (κ1) is 21.5. The minimum absolute atomic E-state index is 0. The molecule has 0 saturated carbocycles. The second-order valence-electron chi connectivity index (χ2n) is 7.08. The molecule has 0 radical (unpaired) electrons. The van der Waals surface area contributed by atoms with Gasteiger partial charge in [-0.3, -0.25) is 9.59 Å². The SMILES string of the molecule is Cc1ccc(C(N)C(=O)N2CCCC(CNC(=O)C(C)C)C2)cc1.Cl. The normalized spacial score (nSPS) is 18.4. The van der Waals surface area contributed by atoms with Gasteiger partial charge in [0.1, 0.15) is 6.04 Å². The highest BCUT2D eigenvalue weighted by molar-refractivity contribution is 5.85. The summed E-state index contributed by atoms with van der Waals surface area (Å²) in [6, 6.07) is 7.17. The molecule has 1 fully saturated rings. The van der Waals surface area contributed by atoms with Crippen LogP contribution in [0.1, 0.15) is 43.9 Å². The fourth-order valence-electron chi connectivity index (χ4n) is 2.99. The lowest BCUT2D eigenvalue weighted by Gasteiger charge is -2.34. The van der Waals surface area contributed by atoms with Crippen LogP contribution in [0.5, 0.6) is 0 Å². The predicted molar refractivity (Wildman–Crippen MR) is 103 cm³/mol. The number of hydrogen-bond donors (Lipinski definition) is 2. The molecule has 5 nitrogen and oxygen atoms in total. The van der Waals surface area contributed by atoms with Crippen LogP contribution in [0.3, 0.4) is 0 Å². The van der Waals surface area contributed by atoms with Crippen LogP contribution in [-0.2, 0) is 9.59 Å². The number of aryl methyl sites for hydroxylation is 1. The van der Waals surface area contributed by atoms with E-state index in [0.29, 0.717) is 19.0 Å². The maximum Gasteiger partial charge on any atom is 0.244 e. The zero-order valence-electron chi connectivity index (χ0n) is 15.3. The Balaban J connectivity index is 0.00000312. The van der Waals surface area contributed by atoms with Gasteiger partial charge in [-0.15, -0.1) is 12.4 Å². The number of rotatable bonds is 5. The Morgan fingerprint density at radius 3 is 2.52 bits per heavy atom. The molecule has 1 aromatic rings. The molecule has 0 bridgehead atoms. The first-order chi connectivity index (χ1) is 11.4. The maximum atomic E-state index is 12.7. The monoisotopic (exact) mass is 367 g/mol. The lowest BCUT2D eigenvalue weighted by molar-refractivity contribution is -0.134. The molecule has 0 spiro atoms. The molecule has 2 amide bonds. The molecule has 2 atom stereocenters. The summed E-state index contributed by atoms with van der Waals surface area (Å²) in [5.41, 5.74) is 8.16. The molecule has 0 aromatic heterocycles. The summed E-state index contributed by atoms with van der Waals surface area (Å²) < 4.78 is 0. The highest BCUT2D eigenvalue weighted by atomic mass is 35.5. The van der Waals surface area contributed by atoms with Crippen molar-refractivity contribution in [1.82, 2.24) is 10.2 Å². The van der Waals surface area contributed by atoms with E-state index in [2.05, 4.69) is 5.32 Å². The molecule has 3 N–H and O–H groups in total. The molecule has 25 heavy (non-hydrogen) atoms. The van der Waals surface area contributed by atoms with Gasteiger partial charge in [0.15, 0.2) is 0 Å². The second-order valence-corrected chi connectivity index (χ2v) is 7.08. The summed E-state index contributed by atoms with van der Waals surface area (Å²) in [7, 11) is 0. The summed E-state index contributed by atoms with van der Waals surface area (Å²) in [6.45, 7) is 7.81. The number of benzene rings is 1. The molecule has 1 aromatic carbocycles. The first-order valence-corrected chi connectivity index (χ1v) is 8.77. The molecular formula is C19H30ClN3O2. The van der Waals surface area contributed by atoms with Crippen LogP contribution in [0, 0.1) is 18.8 Å². The molecule has 2 unspecified atom stereocenters. The van der Waals surface area contributed by atoms with E-state index in [1.807, 2.05) is 49.9 Å². The number of carbonyl (C=O) groups is 2. The maximum absolute atomic E-state index is 12.7. The van der Waals surface area contributed by atoms with Gasteiger partial charge < -0.3 is 16.0 Å². The zero-order chi connectivity index (χ0) is 17.7. The van der Waals surface area contributed by atoms with E-state index in [0.717, 1.165) is 30.5 Å². The number of hydrogen-bond acceptors (Lipinski definition) is 3. The van der Waals surface area contributed by atoms with Gasteiger partial charge in [0.05, 0.1) is 0 Å². The molecule has 0 aliphatic carbocycles. The van der Waals surface area contributed by atoms with Crippen LogP contribution in [0.15, 0.2) is 24.3 Å². The van der Waals surface area contributed by atoms with Gasteiger partial charge in [0, 0.05) is 25.6 Å². The minimum atomic E-state index is -0.616. The van der Waals surface area contributed by atoms with Crippen LogP contribution < -0.4 is 11.1 Å². The van der Waals surface area contributed by atoms with Crippen molar-refractivity contribution in [3.8, 4) is 0 Å². The zero-order valence-corrected chi connectivity index (χ0v) is 16.1. The van der Waals surface area contributed by atoms with Gasteiger partial charge in [0.2, 0.25) is 11.8 Å². The van der Waals surface area contributed by atoms with Crippen molar-refractivity contribution in [1.29, 1.82) is 0 Å². The number of amides is 2. The molecule has 2 rings (SSSR count). The number of nitrogens with zero attached hydrogens (tertiary/aromatic N) is 1. The van der Waals surface area contributed by atoms with E-state index < -0.39 is 6.04 Å². The molecule has 6 heteroatoms. The van der Waals surface area contributed by atoms with Crippen LogP contribution in [0.2, 0.25) is 0 Å². The largest absolute Gasteiger partial charge is 0.356 e. The average molecular weight is 368 g/mol. The molecule has 1 saturated heterocycles. The molecular weight excluding hydrogens is 338 g/mol. The summed E-state index contributed by atoms with van der Waals surface area (Å²) in [5, 5.41) is 2.97. The fraction of sp³-hybridized carbons (Fsp3) is 0.579. The summed E-state index contributed by atoms with van der Waals surface area (Å²) in [6.07, 6.45) is 1.98. The van der Waals surface area contributed by atoms with Crippen LogP contribution in [0.4, 0.5) is 0 Å². The van der Waals surface area contributed by atoms with Crippen LogP contribution >= 0.6 is 12.4 Å². The summed E-state index contributed by atoms with van der Waals surface area (Å²) in [5.74, 6) is 0.324. The number of nitrogens with one attached hydrogen (secondary N) is 1. The smallest absolute Gasteiger partial charge is 0.244 e. The lowest BCUT2D eigenvalue weighted by Crippen LogP contribution is -2.47. The highest BCUT2D eigenvalue weighted by Gasteiger charge is 2.28. The van der Waals surface area contributed by atoms with E-state index in [4.69, 9.17) is 5.73 Å². The van der Waals surface area contributed by atoms with Crippen molar-refractivity contribution in [2.24, 2.45) is 17.6 Å². The number of piperidine rings is 1. The predicted octanol–water partition coefficient (Wildman–Crippen LogP) is 2.43. The molecule has 1 aliphatic rings. The topological polar surface area (TPSA) is 75.4 Å². The Bertz CT molecular complexity index is 575. The van der Waals surface area contributed by atoms with Gasteiger partial charge in [0.25, 0.3) is 0 Å². The van der Waals surface area contributed by atoms with Crippen molar-refractivity contribution in [2.75, 3.05) is 19.6 Å². The molecule has 1 heterocycles. The summed E-state index contributed by atoms with van der Waals surface area (Å²) >= 11 is 0. The fourth-order valence-corrected chi connectivity index (χ4v) is 2.99. The van der Waals surface area contributed by atoms with Crippen molar-refractivity contribution >= 4 is 24.2 Å². The molecule has 140 valence electrons. The van der Waals surface area contributed by atoms with Gasteiger partial charge in [-0.2, -0.15) is 0 Å². The molecule has 1 aliphatic heterocycles. The van der Waals surface area contributed by atoms with Gasteiger partial charge >= 0.3 is 0 Å². The average Bonchev–Trinajstić information content (AvgIpc) is 2.59. The standard InChI is InChI=1S/C19H29N3O2.ClH/c1-13(2)18(23)21-11-15-5-4-10-22(12-15)19(24)17(20)16-8-6-14(3)7-9-16;/h6-9,13,15,17H,4-5,10-12,20H2,1-3H3,(H,21,23);1H. The van der Waals surface area contributed by atoms with Crippen molar-refractivity contribution in [2.45, 2.75) is 39.7 Å². The quantitative estimate of drug-likeness (QED) is 0.839. The Kier molecular flexibility index (Phi) is 8.39. The number of nitrogens with two attached hydrogens (primary N) is 1. The van der Waals surface area contributed by atoms with Crippen molar-refractivity contribution < 1.29 is 9.59 Å². The van der Waals surface area contributed by atoms with E-state index in [1.54, 1.807) is 0 Å².